The molecule has 0 spiro atoms. The Morgan fingerprint density at radius 3 is 2.85 bits per heavy atom. The Labute approximate surface area is 81.2 Å². The molecule has 0 aromatic heterocycles. The molecule has 0 aromatic rings. The molecule has 1 saturated heterocycles. The standard InChI is InChI=1S/C10H22N2O/c1-12(2)8-9(11)5-6-10-4-3-7-13-10/h9-10H,3-8,11H2,1-2H3. The number of ether oxygens (including phenoxy) is 1. The van der Waals surface area contributed by atoms with Crippen molar-refractivity contribution in [3.8, 4) is 0 Å². The van der Waals surface area contributed by atoms with Gasteiger partial charge >= 0.3 is 0 Å². The predicted molar refractivity (Wildman–Crippen MR) is 54.7 cm³/mol. The number of nitrogens with two attached hydrogens (primary N) is 1. The summed E-state index contributed by atoms with van der Waals surface area (Å²) in [5, 5.41) is 0. The van der Waals surface area contributed by atoms with Crippen LogP contribution in [0.5, 0.6) is 0 Å². The first kappa shape index (κ1) is 11.0. The van der Waals surface area contributed by atoms with Gasteiger partial charge in [-0.15, -0.1) is 0 Å². The fourth-order valence-corrected chi connectivity index (χ4v) is 1.83. The van der Waals surface area contributed by atoms with E-state index in [0.29, 0.717) is 12.1 Å². The van der Waals surface area contributed by atoms with Gasteiger partial charge in [-0.1, -0.05) is 0 Å². The van der Waals surface area contributed by atoms with Crippen LogP contribution in [0.25, 0.3) is 0 Å². The van der Waals surface area contributed by atoms with Crippen LogP contribution in [0.2, 0.25) is 0 Å². The number of hydrogen-bond donors (Lipinski definition) is 1. The van der Waals surface area contributed by atoms with Crippen LogP contribution in [0, 0.1) is 0 Å². The lowest BCUT2D eigenvalue weighted by molar-refractivity contribution is 0.0998. The van der Waals surface area contributed by atoms with Gasteiger partial charge < -0.3 is 15.4 Å². The third-order valence-corrected chi connectivity index (χ3v) is 2.48. The van der Waals surface area contributed by atoms with Gasteiger partial charge in [0.1, 0.15) is 0 Å². The monoisotopic (exact) mass is 186 g/mol. The van der Waals surface area contributed by atoms with Crippen molar-refractivity contribution in [2.45, 2.75) is 37.8 Å². The molecule has 1 aliphatic heterocycles. The predicted octanol–water partition coefficient (Wildman–Crippen LogP) is 0.834. The molecule has 2 unspecified atom stereocenters. The summed E-state index contributed by atoms with van der Waals surface area (Å²) in [4.78, 5) is 2.14. The SMILES string of the molecule is CN(C)CC(N)CCC1CCCO1. The van der Waals surface area contributed by atoms with E-state index in [4.69, 9.17) is 10.5 Å². The van der Waals surface area contributed by atoms with Crippen LogP contribution in [0.3, 0.4) is 0 Å². The fourth-order valence-electron chi connectivity index (χ4n) is 1.83. The van der Waals surface area contributed by atoms with Crippen LogP contribution in [-0.4, -0.2) is 44.3 Å². The molecule has 2 atom stereocenters. The molecule has 3 nitrogen and oxygen atoms in total. The number of nitrogens with zero attached hydrogens (tertiary/aromatic N) is 1. The summed E-state index contributed by atoms with van der Waals surface area (Å²) in [6.07, 6.45) is 5.17. The topological polar surface area (TPSA) is 38.5 Å². The van der Waals surface area contributed by atoms with Crippen LogP contribution in [0.1, 0.15) is 25.7 Å². The molecule has 0 saturated carbocycles. The molecule has 1 rings (SSSR count). The van der Waals surface area contributed by atoms with Crippen molar-refractivity contribution in [3.05, 3.63) is 0 Å². The lowest BCUT2D eigenvalue weighted by Crippen LogP contribution is -2.33. The average Bonchev–Trinajstić information content (AvgIpc) is 2.51. The van der Waals surface area contributed by atoms with E-state index in [1.54, 1.807) is 0 Å². The van der Waals surface area contributed by atoms with Crippen LogP contribution >= 0.6 is 0 Å². The number of likely N-dealkylation sites (N-methyl/N-ethyl adjacent to an activating group) is 1. The van der Waals surface area contributed by atoms with E-state index in [-0.39, 0.29) is 0 Å². The first-order valence-corrected chi connectivity index (χ1v) is 5.20. The zero-order chi connectivity index (χ0) is 9.68. The van der Waals surface area contributed by atoms with E-state index < -0.39 is 0 Å². The highest BCUT2D eigenvalue weighted by Gasteiger charge is 2.16. The van der Waals surface area contributed by atoms with Crippen molar-refractivity contribution in [1.29, 1.82) is 0 Å². The maximum atomic E-state index is 5.96. The highest BCUT2D eigenvalue weighted by molar-refractivity contribution is 4.70. The van der Waals surface area contributed by atoms with Crippen LogP contribution < -0.4 is 5.73 Å². The average molecular weight is 186 g/mol. The third kappa shape index (κ3) is 4.60. The van der Waals surface area contributed by atoms with E-state index in [9.17, 15) is 0 Å². The summed E-state index contributed by atoms with van der Waals surface area (Å²) in [6, 6.07) is 0.305. The summed E-state index contributed by atoms with van der Waals surface area (Å²) in [5.41, 5.74) is 5.96. The van der Waals surface area contributed by atoms with Gasteiger partial charge in [0.05, 0.1) is 6.10 Å². The summed E-state index contributed by atoms with van der Waals surface area (Å²) < 4.78 is 5.54. The van der Waals surface area contributed by atoms with Gasteiger partial charge in [-0.25, -0.2) is 0 Å². The van der Waals surface area contributed by atoms with Crippen molar-refractivity contribution in [2.75, 3.05) is 27.2 Å². The molecule has 78 valence electrons. The fraction of sp³-hybridized carbons (Fsp3) is 1.00. The minimum absolute atomic E-state index is 0.305. The largest absolute Gasteiger partial charge is 0.378 e. The Morgan fingerprint density at radius 1 is 1.54 bits per heavy atom. The van der Waals surface area contributed by atoms with Crippen LogP contribution in [0.15, 0.2) is 0 Å². The first-order valence-electron chi connectivity index (χ1n) is 5.20. The molecular formula is C10H22N2O. The maximum absolute atomic E-state index is 5.96. The highest BCUT2D eigenvalue weighted by atomic mass is 16.5. The van der Waals surface area contributed by atoms with E-state index in [1.165, 1.54) is 12.8 Å². The molecular weight excluding hydrogens is 164 g/mol. The number of rotatable bonds is 5. The number of hydrogen-bond acceptors (Lipinski definition) is 3. The quantitative estimate of drug-likeness (QED) is 0.691. The normalized spacial score (nSPS) is 25.4. The molecule has 0 bridgehead atoms. The molecule has 1 heterocycles. The molecule has 1 aliphatic rings. The van der Waals surface area contributed by atoms with Crippen molar-refractivity contribution in [3.63, 3.8) is 0 Å². The van der Waals surface area contributed by atoms with Gasteiger partial charge in [-0.2, -0.15) is 0 Å². The molecule has 1 fully saturated rings. The zero-order valence-electron chi connectivity index (χ0n) is 8.83. The summed E-state index contributed by atoms with van der Waals surface area (Å²) in [7, 11) is 4.12. The Balaban J connectivity index is 2.03. The van der Waals surface area contributed by atoms with Gasteiger partial charge in [0.15, 0.2) is 0 Å². The van der Waals surface area contributed by atoms with Gasteiger partial charge in [-0.05, 0) is 39.8 Å². The van der Waals surface area contributed by atoms with E-state index in [2.05, 4.69) is 19.0 Å². The maximum Gasteiger partial charge on any atom is 0.0576 e. The molecule has 13 heavy (non-hydrogen) atoms. The summed E-state index contributed by atoms with van der Waals surface area (Å²) in [5.74, 6) is 0. The molecule has 0 amide bonds. The van der Waals surface area contributed by atoms with Crippen molar-refractivity contribution >= 4 is 0 Å². The Bertz CT molecular complexity index is 133. The van der Waals surface area contributed by atoms with E-state index in [1.807, 2.05) is 0 Å². The Hall–Kier alpha value is -0.120. The highest BCUT2D eigenvalue weighted by Crippen LogP contribution is 2.17. The molecule has 3 heteroatoms. The van der Waals surface area contributed by atoms with Crippen molar-refractivity contribution < 1.29 is 4.74 Å². The van der Waals surface area contributed by atoms with Gasteiger partial charge in [0.25, 0.3) is 0 Å². The lowest BCUT2D eigenvalue weighted by atomic mass is 10.1. The molecule has 2 N–H and O–H groups in total. The van der Waals surface area contributed by atoms with E-state index in [0.717, 1.165) is 26.0 Å². The Kier molecular flexibility index (Phi) is 4.70. The minimum atomic E-state index is 0.305. The van der Waals surface area contributed by atoms with Gasteiger partial charge in [0, 0.05) is 19.2 Å². The zero-order valence-corrected chi connectivity index (χ0v) is 8.83. The molecule has 0 aliphatic carbocycles. The minimum Gasteiger partial charge on any atom is -0.378 e. The van der Waals surface area contributed by atoms with Gasteiger partial charge in [0.2, 0.25) is 0 Å². The molecule has 0 radical (unpaired) electrons. The van der Waals surface area contributed by atoms with E-state index >= 15 is 0 Å². The second-order valence-electron chi connectivity index (χ2n) is 4.23. The van der Waals surface area contributed by atoms with Crippen LogP contribution in [0.4, 0.5) is 0 Å². The summed E-state index contributed by atoms with van der Waals surface area (Å²) in [6.45, 7) is 1.93. The first-order chi connectivity index (χ1) is 6.18. The lowest BCUT2D eigenvalue weighted by Gasteiger charge is -2.18. The van der Waals surface area contributed by atoms with Crippen molar-refractivity contribution in [2.24, 2.45) is 5.73 Å². The third-order valence-electron chi connectivity index (χ3n) is 2.48. The van der Waals surface area contributed by atoms with Crippen LogP contribution in [-0.2, 0) is 4.74 Å². The smallest absolute Gasteiger partial charge is 0.0576 e. The molecule has 0 aromatic carbocycles. The Morgan fingerprint density at radius 2 is 2.31 bits per heavy atom. The van der Waals surface area contributed by atoms with Crippen molar-refractivity contribution in [1.82, 2.24) is 4.90 Å². The van der Waals surface area contributed by atoms with Gasteiger partial charge in [-0.3, -0.25) is 0 Å². The summed E-state index contributed by atoms with van der Waals surface area (Å²) >= 11 is 0. The second-order valence-corrected chi connectivity index (χ2v) is 4.23. The second kappa shape index (κ2) is 5.58.